The maximum atomic E-state index is 8.93. The SMILES string of the molecule is OC1CC(O)CC(O)C1.OC1CC(O)CC(O)C1. The van der Waals surface area contributed by atoms with Gasteiger partial charge in [0.05, 0.1) is 36.6 Å². The molecule has 0 aromatic heterocycles. The molecule has 0 saturated heterocycles. The Bertz CT molecular complexity index is 163. The molecule has 0 bridgehead atoms. The summed E-state index contributed by atoms with van der Waals surface area (Å²) in [4.78, 5) is 0. The predicted octanol–water partition coefficient (Wildman–Crippen LogP) is -1.49. The highest BCUT2D eigenvalue weighted by Crippen LogP contribution is 2.19. The number of aliphatic hydroxyl groups excluding tert-OH is 6. The predicted molar refractivity (Wildman–Crippen MR) is 63.7 cm³/mol. The molecular weight excluding hydrogens is 240 g/mol. The maximum Gasteiger partial charge on any atom is 0.0589 e. The molecule has 6 N–H and O–H groups in total. The van der Waals surface area contributed by atoms with Crippen LogP contribution in [-0.4, -0.2) is 67.3 Å². The van der Waals surface area contributed by atoms with E-state index in [0.717, 1.165) is 0 Å². The van der Waals surface area contributed by atoms with E-state index in [0.29, 0.717) is 38.5 Å². The summed E-state index contributed by atoms with van der Waals surface area (Å²) in [5.74, 6) is 0. The van der Waals surface area contributed by atoms with Crippen LogP contribution >= 0.6 is 0 Å². The van der Waals surface area contributed by atoms with Gasteiger partial charge in [-0.3, -0.25) is 0 Å². The van der Waals surface area contributed by atoms with Gasteiger partial charge in [-0.25, -0.2) is 0 Å². The highest BCUT2D eigenvalue weighted by Gasteiger charge is 2.24. The smallest absolute Gasteiger partial charge is 0.0589 e. The molecule has 0 unspecified atom stereocenters. The van der Waals surface area contributed by atoms with Gasteiger partial charge in [0, 0.05) is 0 Å². The fourth-order valence-electron chi connectivity index (χ4n) is 2.46. The van der Waals surface area contributed by atoms with Crippen LogP contribution in [0.2, 0.25) is 0 Å². The lowest BCUT2D eigenvalue weighted by atomic mass is 9.93. The summed E-state index contributed by atoms with van der Waals surface area (Å²) in [5.41, 5.74) is 0. The molecule has 0 atom stereocenters. The molecule has 0 aromatic rings. The molecule has 2 aliphatic carbocycles. The van der Waals surface area contributed by atoms with E-state index in [1.165, 1.54) is 0 Å². The minimum absolute atomic E-state index is 0.414. The third-order valence-electron chi connectivity index (χ3n) is 3.26. The second kappa shape index (κ2) is 7.37. The lowest BCUT2D eigenvalue weighted by Gasteiger charge is -2.25. The molecule has 6 heteroatoms. The maximum absolute atomic E-state index is 8.93. The van der Waals surface area contributed by atoms with Crippen molar-refractivity contribution in [2.75, 3.05) is 0 Å². The van der Waals surface area contributed by atoms with Crippen LogP contribution in [0.25, 0.3) is 0 Å². The zero-order chi connectivity index (χ0) is 13.7. The van der Waals surface area contributed by atoms with E-state index in [9.17, 15) is 0 Å². The summed E-state index contributed by atoms with van der Waals surface area (Å²) in [7, 11) is 0. The van der Waals surface area contributed by atoms with E-state index in [1.807, 2.05) is 0 Å². The fourth-order valence-corrected chi connectivity index (χ4v) is 2.46. The molecular formula is C12H24O6. The molecule has 6 nitrogen and oxygen atoms in total. The Balaban J connectivity index is 0.000000180. The molecule has 2 aliphatic rings. The van der Waals surface area contributed by atoms with Gasteiger partial charge in [-0.05, 0) is 38.5 Å². The van der Waals surface area contributed by atoms with Gasteiger partial charge in [0.1, 0.15) is 0 Å². The molecule has 0 heterocycles. The van der Waals surface area contributed by atoms with E-state index in [1.54, 1.807) is 0 Å². The standard InChI is InChI=1S/2C6H12O3/c2*7-4-1-5(8)3-6(9)2-4/h2*4-9H,1-3H2. The Morgan fingerprint density at radius 3 is 0.556 bits per heavy atom. The van der Waals surface area contributed by atoms with Gasteiger partial charge in [-0.2, -0.15) is 0 Å². The summed E-state index contributed by atoms with van der Waals surface area (Å²) in [6.07, 6.45) is -0.580. The van der Waals surface area contributed by atoms with E-state index in [2.05, 4.69) is 0 Å². The lowest BCUT2D eigenvalue weighted by Crippen LogP contribution is -2.32. The van der Waals surface area contributed by atoms with Crippen LogP contribution < -0.4 is 0 Å². The van der Waals surface area contributed by atoms with Crippen molar-refractivity contribution in [2.24, 2.45) is 0 Å². The van der Waals surface area contributed by atoms with Crippen molar-refractivity contribution in [1.82, 2.24) is 0 Å². The van der Waals surface area contributed by atoms with Crippen molar-refractivity contribution < 1.29 is 30.6 Å². The van der Waals surface area contributed by atoms with Crippen molar-refractivity contribution >= 4 is 0 Å². The van der Waals surface area contributed by atoms with Gasteiger partial charge in [0.2, 0.25) is 0 Å². The zero-order valence-electron chi connectivity index (χ0n) is 10.4. The molecule has 18 heavy (non-hydrogen) atoms. The average Bonchev–Trinajstić information content (AvgIpc) is 2.12. The van der Waals surface area contributed by atoms with Gasteiger partial charge < -0.3 is 30.6 Å². The van der Waals surface area contributed by atoms with Gasteiger partial charge >= 0.3 is 0 Å². The first-order valence-corrected chi connectivity index (χ1v) is 6.45. The Morgan fingerprint density at radius 2 is 0.444 bits per heavy atom. The summed E-state index contributed by atoms with van der Waals surface area (Å²) in [6, 6.07) is 0. The topological polar surface area (TPSA) is 121 Å². The van der Waals surface area contributed by atoms with E-state index >= 15 is 0 Å². The van der Waals surface area contributed by atoms with Crippen molar-refractivity contribution in [3.05, 3.63) is 0 Å². The molecule has 0 radical (unpaired) electrons. The van der Waals surface area contributed by atoms with Crippen LogP contribution in [0.4, 0.5) is 0 Å². The molecule has 0 aromatic carbocycles. The molecule has 0 amide bonds. The molecule has 0 aliphatic heterocycles. The first-order valence-electron chi connectivity index (χ1n) is 6.45. The van der Waals surface area contributed by atoms with Crippen molar-refractivity contribution in [3.8, 4) is 0 Å². The van der Waals surface area contributed by atoms with Crippen LogP contribution in [0.3, 0.4) is 0 Å². The third kappa shape index (κ3) is 6.08. The highest BCUT2D eigenvalue weighted by atomic mass is 16.3. The van der Waals surface area contributed by atoms with Crippen molar-refractivity contribution in [3.63, 3.8) is 0 Å². The van der Waals surface area contributed by atoms with Crippen LogP contribution in [0.5, 0.6) is 0 Å². The molecule has 2 saturated carbocycles. The Labute approximate surface area is 107 Å². The van der Waals surface area contributed by atoms with Crippen LogP contribution in [0.1, 0.15) is 38.5 Å². The molecule has 0 spiro atoms. The Hall–Kier alpha value is -0.240. The monoisotopic (exact) mass is 264 g/mol. The minimum atomic E-state index is -0.510. The Kier molecular flexibility index (Phi) is 6.48. The van der Waals surface area contributed by atoms with Gasteiger partial charge in [0.15, 0.2) is 0 Å². The third-order valence-corrected chi connectivity index (χ3v) is 3.26. The number of aliphatic hydroxyl groups is 6. The second-order valence-corrected chi connectivity index (χ2v) is 5.34. The van der Waals surface area contributed by atoms with Crippen molar-refractivity contribution in [2.45, 2.75) is 75.1 Å². The number of hydrogen-bond donors (Lipinski definition) is 6. The van der Waals surface area contributed by atoms with Gasteiger partial charge in [-0.15, -0.1) is 0 Å². The fraction of sp³-hybridized carbons (Fsp3) is 1.00. The van der Waals surface area contributed by atoms with E-state index in [-0.39, 0.29) is 0 Å². The molecule has 2 rings (SSSR count). The molecule has 108 valence electrons. The Morgan fingerprint density at radius 1 is 0.333 bits per heavy atom. The zero-order valence-corrected chi connectivity index (χ0v) is 10.4. The minimum Gasteiger partial charge on any atom is -0.393 e. The summed E-state index contributed by atoms with van der Waals surface area (Å²) in [6.45, 7) is 0. The normalized spacial score (nSPS) is 45.0. The van der Waals surface area contributed by atoms with Crippen LogP contribution in [0, 0.1) is 0 Å². The summed E-state index contributed by atoms with van der Waals surface area (Å²) < 4.78 is 0. The quantitative estimate of drug-likeness (QED) is 0.317. The van der Waals surface area contributed by atoms with Crippen LogP contribution in [-0.2, 0) is 0 Å². The van der Waals surface area contributed by atoms with Gasteiger partial charge in [0.25, 0.3) is 0 Å². The van der Waals surface area contributed by atoms with Gasteiger partial charge in [-0.1, -0.05) is 0 Å². The number of rotatable bonds is 0. The average molecular weight is 264 g/mol. The van der Waals surface area contributed by atoms with E-state index < -0.39 is 36.6 Å². The lowest BCUT2D eigenvalue weighted by molar-refractivity contribution is -0.0256. The van der Waals surface area contributed by atoms with E-state index in [4.69, 9.17) is 30.6 Å². The van der Waals surface area contributed by atoms with Crippen LogP contribution in [0.15, 0.2) is 0 Å². The first kappa shape index (κ1) is 15.8. The number of hydrogen-bond acceptors (Lipinski definition) is 6. The second-order valence-electron chi connectivity index (χ2n) is 5.34. The van der Waals surface area contributed by atoms with Crippen molar-refractivity contribution in [1.29, 1.82) is 0 Å². The summed E-state index contributed by atoms with van der Waals surface area (Å²) in [5, 5.41) is 53.6. The largest absolute Gasteiger partial charge is 0.393 e. The summed E-state index contributed by atoms with van der Waals surface area (Å²) >= 11 is 0. The highest BCUT2D eigenvalue weighted by molar-refractivity contribution is 4.77. The first-order chi connectivity index (χ1) is 8.36. The molecule has 2 fully saturated rings.